The van der Waals surface area contributed by atoms with Crippen molar-refractivity contribution >= 4 is 5.95 Å². The summed E-state index contributed by atoms with van der Waals surface area (Å²) in [5.41, 5.74) is 6.19. The van der Waals surface area contributed by atoms with Crippen LogP contribution in [0.3, 0.4) is 0 Å². The lowest BCUT2D eigenvalue weighted by molar-refractivity contribution is 0.317. The minimum atomic E-state index is 0.134. The molecule has 1 heterocycles. The molecule has 0 aliphatic carbocycles. The van der Waals surface area contributed by atoms with Crippen molar-refractivity contribution < 1.29 is 9.26 Å². The molecular weight excluding hydrogens is 206 g/mol. The first-order valence-corrected chi connectivity index (χ1v) is 5.12. The smallest absolute Gasteiger partial charge is 0.261 e. The van der Waals surface area contributed by atoms with E-state index in [0.717, 1.165) is 17.7 Å². The van der Waals surface area contributed by atoms with Gasteiger partial charge in [0.2, 0.25) is 0 Å². The van der Waals surface area contributed by atoms with Crippen LogP contribution in [0.1, 0.15) is 13.3 Å². The van der Waals surface area contributed by atoms with Gasteiger partial charge in [0.05, 0.1) is 6.61 Å². The minimum absolute atomic E-state index is 0.134. The molecule has 1 aromatic heterocycles. The summed E-state index contributed by atoms with van der Waals surface area (Å²) in [4.78, 5) is 3.95. The largest absolute Gasteiger partial charge is 0.494 e. The highest BCUT2D eigenvalue weighted by Gasteiger charge is 2.07. The van der Waals surface area contributed by atoms with Gasteiger partial charge in [0.15, 0.2) is 0 Å². The molecule has 0 aliphatic rings. The lowest BCUT2D eigenvalue weighted by Crippen LogP contribution is -1.94. The van der Waals surface area contributed by atoms with Crippen molar-refractivity contribution in [1.29, 1.82) is 0 Å². The summed E-state index contributed by atoms with van der Waals surface area (Å²) in [7, 11) is 0. The maximum atomic E-state index is 5.50. The number of hydrogen-bond acceptors (Lipinski definition) is 5. The van der Waals surface area contributed by atoms with E-state index in [9.17, 15) is 0 Å². The molecule has 0 saturated carbocycles. The molecule has 0 radical (unpaired) electrons. The third-order valence-corrected chi connectivity index (χ3v) is 2.00. The van der Waals surface area contributed by atoms with Crippen LogP contribution in [0.4, 0.5) is 5.95 Å². The lowest BCUT2D eigenvalue weighted by Gasteiger charge is -2.04. The number of hydrogen-bond donors (Lipinski definition) is 1. The van der Waals surface area contributed by atoms with E-state index < -0.39 is 0 Å². The molecule has 2 N–H and O–H groups in total. The van der Waals surface area contributed by atoms with Gasteiger partial charge < -0.3 is 15.0 Å². The summed E-state index contributed by atoms with van der Waals surface area (Å²) in [6.45, 7) is 2.75. The van der Waals surface area contributed by atoms with Crippen LogP contribution in [-0.2, 0) is 0 Å². The molecule has 1 aromatic carbocycles. The zero-order valence-corrected chi connectivity index (χ0v) is 9.01. The van der Waals surface area contributed by atoms with Gasteiger partial charge in [-0.25, -0.2) is 0 Å². The monoisotopic (exact) mass is 219 g/mol. The standard InChI is InChI=1S/C11H13N3O2/c1-2-6-15-9-5-3-4-8(7-9)10-13-11(12)14-16-10/h3-5,7H,2,6H2,1H3,(H2,12,14). The van der Waals surface area contributed by atoms with E-state index in [2.05, 4.69) is 17.1 Å². The van der Waals surface area contributed by atoms with Crippen LogP contribution in [0.5, 0.6) is 5.75 Å². The van der Waals surface area contributed by atoms with Gasteiger partial charge in [-0.15, -0.1) is 0 Å². The quantitative estimate of drug-likeness (QED) is 0.852. The fourth-order valence-corrected chi connectivity index (χ4v) is 1.29. The summed E-state index contributed by atoms with van der Waals surface area (Å²) in [5, 5.41) is 3.54. The van der Waals surface area contributed by atoms with Crippen molar-refractivity contribution in [2.75, 3.05) is 12.3 Å². The molecule has 84 valence electrons. The van der Waals surface area contributed by atoms with Crippen LogP contribution in [-0.4, -0.2) is 16.7 Å². The Morgan fingerprint density at radius 3 is 3.00 bits per heavy atom. The molecule has 2 aromatic rings. The normalized spacial score (nSPS) is 10.3. The summed E-state index contributed by atoms with van der Waals surface area (Å²) >= 11 is 0. The number of anilines is 1. The predicted molar refractivity (Wildman–Crippen MR) is 59.9 cm³/mol. The maximum Gasteiger partial charge on any atom is 0.261 e. The first kappa shape index (κ1) is 10.5. The second-order valence-electron chi connectivity index (χ2n) is 3.33. The van der Waals surface area contributed by atoms with E-state index >= 15 is 0 Å². The number of nitrogen functional groups attached to an aromatic ring is 1. The molecule has 0 atom stereocenters. The molecule has 0 amide bonds. The zero-order valence-electron chi connectivity index (χ0n) is 9.01. The van der Waals surface area contributed by atoms with Crippen molar-refractivity contribution in [1.82, 2.24) is 10.1 Å². The van der Waals surface area contributed by atoms with Crippen LogP contribution in [0.15, 0.2) is 28.8 Å². The van der Waals surface area contributed by atoms with Crippen molar-refractivity contribution in [2.24, 2.45) is 0 Å². The zero-order chi connectivity index (χ0) is 11.4. The lowest BCUT2D eigenvalue weighted by atomic mass is 10.2. The molecular formula is C11H13N3O2. The van der Waals surface area contributed by atoms with E-state index in [1.807, 2.05) is 24.3 Å². The van der Waals surface area contributed by atoms with Crippen LogP contribution < -0.4 is 10.5 Å². The average molecular weight is 219 g/mol. The van der Waals surface area contributed by atoms with E-state index in [-0.39, 0.29) is 5.95 Å². The molecule has 0 saturated heterocycles. The highest BCUT2D eigenvalue weighted by molar-refractivity contribution is 5.56. The number of aromatic nitrogens is 2. The number of nitrogens with zero attached hydrogens (tertiary/aromatic N) is 2. The van der Waals surface area contributed by atoms with E-state index in [1.165, 1.54) is 0 Å². The Morgan fingerprint density at radius 1 is 1.44 bits per heavy atom. The Hall–Kier alpha value is -2.04. The summed E-state index contributed by atoms with van der Waals surface area (Å²) in [5.74, 6) is 1.32. The molecule has 5 heteroatoms. The van der Waals surface area contributed by atoms with Crippen molar-refractivity contribution in [3.05, 3.63) is 24.3 Å². The molecule has 16 heavy (non-hydrogen) atoms. The van der Waals surface area contributed by atoms with Crippen LogP contribution in [0.25, 0.3) is 11.5 Å². The van der Waals surface area contributed by atoms with Gasteiger partial charge in [-0.2, -0.15) is 4.98 Å². The van der Waals surface area contributed by atoms with Gasteiger partial charge in [0.25, 0.3) is 11.8 Å². The van der Waals surface area contributed by atoms with Gasteiger partial charge in [-0.1, -0.05) is 13.0 Å². The number of rotatable bonds is 4. The van der Waals surface area contributed by atoms with Crippen molar-refractivity contribution in [2.45, 2.75) is 13.3 Å². The predicted octanol–water partition coefficient (Wildman–Crippen LogP) is 2.11. The molecule has 0 unspecified atom stereocenters. The molecule has 0 aliphatic heterocycles. The Morgan fingerprint density at radius 2 is 2.31 bits per heavy atom. The van der Waals surface area contributed by atoms with Gasteiger partial charge in [-0.3, -0.25) is 0 Å². The average Bonchev–Trinajstić information content (AvgIpc) is 2.74. The third-order valence-electron chi connectivity index (χ3n) is 2.00. The summed E-state index contributed by atoms with van der Waals surface area (Å²) in [6.07, 6.45) is 0.970. The van der Waals surface area contributed by atoms with Crippen molar-refractivity contribution in [3.8, 4) is 17.2 Å². The molecule has 5 nitrogen and oxygen atoms in total. The second-order valence-corrected chi connectivity index (χ2v) is 3.33. The highest BCUT2D eigenvalue weighted by Crippen LogP contribution is 2.22. The van der Waals surface area contributed by atoms with Crippen LogP contribution >= 0.6 is 0 Å². The summed E-state index contributed by atoms with van der Waals surface area (Å²) in [6, 6.07) is 7.48. The fourth-order valence-electron chi connectivity index (χ4n) is 1.29. The van der Waals surface area contributed by atoms with Gasteiger partial charge in [-0.05, 0) is 29.8 Å². The van der Waals surface area contributed by atoms with E-state index in [1.54, 1.807) is 0 Å². The molecule has 0 spiro atoms. The molecule has 0 bridgehead atoms. The van der Waals surface area contributed by atoms with Crippen LogP contribution in [0.2, 0.25) is 0 Å². The molecule has 2 rings (SSSR count). The van der Waals surface area contributed by atoms with Crippen LogP contribution in [0, 0.1) is 0 Å². The van der Waals surface area contributed by atoms with E-state index in [0.29, 0.717) is 12.5 Å². The Bertz CT molecular complexity index is 468. The Labute approximate surface area is 93.2 Å². The second kappa shape index (κ2) is 4.65. The fraction of sp³-hybridized carbons (Fsp3) is 0.273. The SMILES string of the molecule is CCCOc1cccc(-c2nc(N)no2)c1. The highest BCUT2D eigenvalue weighted by atomic mass is 16.5. The van der Waals surface area contributed by atoms with E-state index in [4.69, 9.17) is 15.0 Å². The summed E-state index contributed by atoms with van der Waals surface area (Å²) < 4.78 is 10.5. The Kier molecular flexibility index (Phi) is 3.05. The third kappa shape index (κ3) is 2.31. The Balaban J connectivity index is 2.22. The van der Waals surface area contributed by atoms with Gasteiger partial charge >= 0.3 is 0 Å². The topological polar surface area (TPSA) is 74.2 Å². The number of ether oxygens (including phenoxy) is 1. The first-order chi connectivity index (χ1) is 7.79. The number of benzene rings is 1. The van der Waals surface area contributed by atoms with Gasteiger partial charge in [0, 0.05) is 5.56 Å². The van der Waals surface area contributed by atoms with Crippen molar-refractivity contribution in [3.63, 3.8) is 0 Å². The maximum absolute atomic E-state index is 5.50. The van der Waals surface area contributed by atoms with Gasteiger partial charge in [0.1, 0.15) is 5.75 Å². The minimum Gasteiger partial charge on any atom is -0.494 e. The number of nitrogens with two attached hydrogens (primary N) is 1. The first-order valence-electron chi connectivity index (χ1n) is 5.12. The molecule has 0 fully saturated rings.